The molecule has 0 radical (unpaired) electrons. The SMILES string of the molecule is CC(C)CC(=O)N1CCSC12CCN(C(=O)NC1CCCCC1)CC2. The molecule has 2 aliphatic heterocycles. The molecule has 1 saturated carbocycles. The summed E-state index contributed by atoms with van der Waals surface area (Å²) in [6.07, 6.45) is 8.45. The summed E-state index contributed by atoms with van der Waals surface area (Å²) in [6.45, 7) is 6.59. The highest BCUT2D eigenvalue weighted by molar-refractivity contribution is 8.00. The van der Waals surface area contributed by atoms with Crippen molar-refractivity contribution in [1.82, 2.24) is 15.1 Å². The van der Waals surface area contributed by atoms with Gasteiger partial charge in [-0.2, -0.15) is 0 Å². The van der Waals surface area contributed by atoms with E-state index in [-0.39, 0.29) is 10.9 Å². The highest BCUT2D eigenvalue weighted by atomic mass is 32.2. The molecule has 2 heterocycles. The minimum absolute atomic E-state index is 0.0619. The molecule has 0 aromatic carbocycles. The Kier molecular flexibility index (Phi) is 6.18. The first-order valence-corrected chi connectivity index (χ1v) is 11.0. The fraction of sp³-hybridized carbons (Fsp3) is 0.895. The molecule has 3 rings (SSSR count). The minimum atomic E-state index is -0.0619. The van der Waals surface area contributed by atoms with Gasteiger partial charge < -0.3 is 15.1 Å². The molecule has 0 bridgehead atoms. The maximum Gasteiger partial charge on any atom is 0.317 e. The number of carbonyl (C=O) groups is 2. The van der Waals surface area contributed by atoms with Crippen molar-refractivity contribution >= 4 is 23.7 Å². The van der Waals surface area contributed by atoms with Gasteiger partial charge in [-0.15, -0.1) is 11.8 Å². The molecule has 3 fully saturated rings. The van der Waals surface area contributed by atoms with E-state index in [2.05, 4.69) is 24.1 Å². The Morgan fingerprint density at radius 1 is 1.12 bits per heavy atom. The van der Waals surface area contributed by atoms with Gasteiger partial charge in [-0.05, 0) is 31.6 Å². The van der Waals surface area contributed by atoms with Gasteiger partial charge in [0.1, 0.15) is 0 Å². The van der Waals surface area contributed by atoms with E-state index in [1.165, 1.54) is 19.3 Å². The molecule has 0 unspecified atom stereocenters. The molecule has 2 saturated heterocycles. The second-order valence-corrected chi connectivity index (χ2v) is 9.67. The summed E-state index contributed by atoms with van der Waals surface area (Å²) >= 11 is 1.93. The van der Waals surface area contributed by atoms with Crippen molar-refractivity contribution in [2.24, 2.45) is 5.92 Å². The average molecular weight is 368 g/mol. The molecular weight excluding hydrogens is 334 g/mol. The van der Waals surface area contributed by atoms with Crippen LogP contribution in [0.2, 0.25) is 0 Å². The number of likely N-dealkylation sites (tertiary alicyclic amines) is 1. The van der Waals surface area contributed by atoms with Crippen LogP contribution >= 0.6 is 11.8 Å². The lowest BCUT2D eigenvalue weighted by molar-refractivity contribution is -0.135. The zero-order chi connectivity index (χ0) is 17.9. The first-order valence-electron chi connectivity index (χ1n) is 10.00. The summed E-state index contributed by atoms with van der Waals surface area (Å²) in [7, 11) is 0. The predicted octanol–water partition coefficient (Wildman–Crippen LogP) is 3.44. The van der Waals surface area contributed by atoms with Gasteiger partial charge in [0.05, 0.1) is 4.87 Å². The molecule has 25 heavy (non-hydrogen) atoms. The van der Waals surface area contributed by atoms with Crippen molar-refractivity contribution in [2.75, 3.05) is 25.4 Å². The van der Waals surface area contributed by atoms with Gasteiger partial charge in [0.15, 0.2) is 0 Å². The van der Waals surface area contributed by atoms with Crippen LogP contribution in [0.25, 0.3) is 0 Å². The second kappa shape index (κ2) is 8.19. The number of piperidine rings is 1. The van der Waals surface area contributed by atoms with Crippen LogP contribution in [-0.2, 0) is 4.79 Å². The Labute approximate surface area is 156 Å². The van der Waals surface area contributed by atoms with E-state index in [1.807, 2.05) is 16.7 Å². The van der Waals surface area contributed by atoms with Crippen molar-refractivity contribution in [3.8, 4) is 0 Å². The molecular formula is C19H33N3O2S. The molecule has 0 aromatic heterocycles. The highest BCUT2D eigenvalue weighted by Gasteiger charge is 2.46. The smallest absolute Gasteiger partial charge is 0.317 e. The third kappa shape index (κ3) is 4.44. The number of amides is 3. The highest BCUT2D eigenvalue weighted by Crippen LogP contribution is 2.44. The number of urea groups is 1. The summed E-state index contributed by atoms with van der Waals surface area (Å²) in [4.78, 5) is 29.2. The summed E-state index contributed by atoms with van der Waals surface area (Å²) in [6, 6.07) is 0.465. The minimum Gasteiger partial charge on any atom is -0.335 e. The maximum absolute atomic E-state index is 12.6. The largest absolute Gasteiger partial charge is 0.335 e. The molecule has 1 aliphatic carbocycles. The lowest BCUT2D eigenvalue weighted by Crippen LogP contribution is -2.56. The third-order valence-corrected chi connectivity index (χ3v) is 7.38. The number of hydrogen-bond acceptors (Lipinski definition) is 3. The van der Waals surface area contributed by atoms with Gasteiger partial charge in [0.2, 0.25) is 5.91 Å². The van der Waals surface area contributed by atoms with Gasteiger partial charge in [-0.1, -0.05) is 33.1 Å². The second-order valence-electron chi connectivity index (χ2n) is 8.21. The summed E-state index contributed by atoms with van der Waals surface area (Å²) in [5, 5.41) is 3.23. The molecule has 1 N–H and O–H groups in total. The monoisotopic (exact) mass is 367 g/mol. The first-order chi connectivity index (χ1) is 12.0. The molecule has 142 valence electrons. The Morgan fingerprint density at radius 2 is 1.80 bits per heavy atom. The van der Waals surface area contributed by atoms with Crippen LogP contribution in [-0.4, -0.2) is 58.0 Å². The maximum atomic E-state index is 12.6. The van der Waals surface area contributed by atoms with Crippen LogP contribution in [0.3, 0.4) is 0 Å². The normalized spacial score (nSPS) is 24.1. The zero-order valence-corrected chi connectivity index (χ0v) is 16.6. The van der Waals surface area contributed by atoms with E-state index in [9.17, 15) is 9.59 Å². The molecule has 3 amide bonds. The van der Waals surface area contributed by atoms with Crippen molar-refractivity contribution in [3.63, 3.8) is 0 Å². The van der Waals surface area contributed by atoms with E-state index in [1.54, 1.807) is 0 Å². The van der Waals surface area contributed by atoms with E-state index in [0.29, 0.717) is 24.3 Å². The van der Waals surface area contributed by atoms with Crippen LogP contribution in [0, 0.1) is 5.92 Å². The van der Waals surface area contributed by atoms with Crippen LogP contribution in [0.15, 0.2) is 0 Å². The number of rotatable bonds is 3. The van der Waals surface area contributed by atoms with Crippen LogP contribution < -0.4 is 5.32 Å². The van der Waals surface area contributed by atoms with Crippen LogP contribution in [0.5, 0.6) is 0 Å². The van der Waals surface area contributed by atoms with Gasteiger partial charge in [0, 0.05) is 37.8 Å². The van der Waals surface area contributed by atoms with Crippen LogP contribution in [0.4, 0.5) is 4.79 Å². The summed E-state index contributed by atoms with van der Waals surface area (Å²) < 4.78 is 0. The number of thioether (sulfide) groups is 1. The van der Waals surface area contributed by atoms with Gasteiger partial charge in [-0.3, -0.25) is 4.79 Å². The molecule has 0 aromatic rings. The quantitative estimate of drug-likeness (QED) is 0.831. The summed E-state index contributed by atoms with van der Waals surface area (Å²) in [5.74, 6) is 1.72. The third-order valence-electron chi connectivity index (χ3n) is 5.83. The van der Waals surface area contributed by atoms with E-state index >= 15 is 0 Å². The number of carbonyl (C=O) groups excluding carboxylic acids is 2. The van der Waals surface area contributed by atoms with Crippen molar-refractivity contribution in [1.29, 1.82) is 0 Å². The van der Waals surface area contributed by atoms with Crippen LogP contribution in [0.1, 0.15) is 65.2 Å². The van der Waals surface area contributed by atoms with Gasteiger partial charge >= 0.3 is 6.03 Å². The lowest BCUT2D eigenvalue weighted by atomic mass is 9.95. The molecule has 3 aliphatic rings. The fourth-order valence-electron chi connectivity index (χ4n) is 4.41. The molecule has 6 heteroatoms. The summed E-state index contributed by atoms with van der Waals surface area (Å²) in [5.41, 5.74) is 0. The van der Waals surface area contributed by atoms with Gasteiger partial charge in [-0.25, -0.2) is 4.79 Å². The average Bonchev–Trinajstić information content (AvgIpc) is 2.99. The van der Waals surface area contributed by atoms with Gasteiger partial charge in [0.25, 0.3) is 0 Å². The van der Waals surface area contributed by atoms with E-state index < -0.39 is 0 Å². The predicted molar refractivity (Wildman–Crippen MR) is 103 cm³/mol. The Balaban J connectivity index is 1.53. The molecule has 5 nitrogen and oxygen atoms in total. The molecule has 1 spiro atoms. The van der Waals surface area contributed by atoms with Crippen molar-refractivity contribution in [3.05, 3.63) is 0 Å². The number of nitrogens with zero attached hydrogens (tertiary/aromatic N) is 2. The van der Waals surface area contributed by atoms with E-state index in [0.717, 1.165) is 51.1 Å². The Morgan fingerprint density at radius 3 is 2.44 bits per heavy atom. The zero-order valence-electron chi connectivity index (χ0n) is 15.8. The van der Waals surface area contributed by atoms with Crippen molar-refractivity contribution in [2.45, 2.75) is 76.1 Å². The Hall–Kier alpha value is -0.910. The van der Waals surface area contributed by atoms with Crippen molar-refractivity contribution < 1.29 is 9.59 Å². The fourth-order valence-corrected chi connectivity index (χ4v) is 5.88. The number of hydrogen-bond donors (Lipinski definition) is 1. The lowest BCUT2D eigenvalue weighted by Gasteiger charge is -2.44. The first kappa shape index (κ1) is 18.9. The van der Waals surface area contributed by atoms with E-state index in [4.69, 9.17) is 0 Å². The topological polar surface area (TPSA) is 52.7 Å². The number of nitrogens with one attached hydrogen (secondary N) is 1. The Bertz CT molecular complexity index is 483. The standard InChI is InChI=1S/C19H33N3O2S/c1-15(2)14-17(23)22-12-13-25-19(22)8-10-21(11-9-19)18(24)20-16-6-4-3-5-7-16/h15-16H,3-14H2,1-2H3,(H,20,24). The molecule has 0 atom stereocenters.